The van der Waals surface area contributed by atoms with Crippen molar-refractivity contribution in [3.63, 3.8) is 0 Å². The predicted molar refractivity (Wildman–Crippen MR) is 75.5 cm³/mol. The van der Waals surface area contributed by atoms with E-state index in [-0.39, 0.29) is 13.0 Å². The molecule has 1 unspecified atom stereocenters. The lowest BCUT2D eigenvalue weighted by atomic mass is 9.98. The molecule has 0 spiro atoms. The summed E-state index contributed by atoms with van der Waals surface area (Å²) in [6.45, 7) is 0.827. The number of benzene rings is 1. The van der Waals surface area contributed by atoms with Crippen LogP contribution in [0.4, 0.5) is 13.2 Å². The van der Waals surface area contributed by atoms with Crippen LogP contribution < -0.4 is 10.6 Å². The van der Waals surface area contributed by atoms with E-state index < -0.39 is 29.2 Å². The summed E-state index contributed by atoms with van der Waals surface area (Å²) in [6.07, 6.45) is -4.12. The zero-order valence-electron chi connectivity index (χ0n) is 12.5. The largest absolute Gasteiger partial charge is 0.467 e. The quantitative estimate of drug-likeness (QED) is 0.816. The molecule has 2 rings (SSSR count). The second-order valence-corrected chi connectivity index (χ2v) is 5.42. The van der Waals surface area contributed by atoms with Crippen LogP contribution in [0, 0.1) is 0 Å². The van der Waals surface area contributed by atoms with Crippen LogP contribution in [0.3, 0.4) is 0 Å². The summed E-state index contributed by atoms with van der Waals surface area (Å²) in [4.78, 5) is 24.0. The molecule has 0 aliphatic carbocycles. The molecule has 2 N–H and O–H groups in total. The topological polar surface area (TPSA) is 67.4 Å². The summed E-state index contributed by atoms with van der Waals surface area (Å²) in [7, 11) is 1.24. The van der Waals surface area contributed by atoms with Gasteiger partial charge in [0.2, 0.25) is 5.91 Å². The highest BCUT2D eigenvalue weighted by Gasteiger charge is 2.43. The number of rotatable bonds is 4. The Bertz CT molecular complexity index is 579. The number of alkyl halides is 3. The molecule has 1 fully saturated rings. The molecule has 1 aromatic rings. The van der Waals surface area contributed by atoms with Gasteiger partial charge in [0, 0.05) is 6.54 Å². The van der Waals surface area contributed by atoms with Gasteiger partial charge in [0.05, 0.1) is 19.1 Å². The highest BCUT2D eigenvalue weighted by atomic mass is 19.4. The van der Waals surface area contributed by atoms with Crippen LogP contribution in [0.1, 0.15) is 17.5 Å². The Morgan fingerprint density at radius 1 is 1.30 bits per heavy atom. The van der Waals surface area contributed by atoms with Crippen LogP contribution in [0.2, 0.25) is 0 Å². The Kier molecular flexibility index (Phi) is 4.93. The molecule has 5 nitrogen and oxygen atoms in total. The molecule has 1 saturated heterocycles. The molecule has 1 atom stereocenters. The average molecular weight is 330 g/mol. The fourth-order valence-electron chi connectivity index (χ4n) is 2.53. The first-order chi connectivity index (χ1) is 10.8. The maximum atomic E-state index is 12.5. The molecule has 1 aliphatic rings. The average Bonchev–Trinajstić information content (AvgIpc) is 2.95. The van der Waals surface area contributed by atoms with E-state index in [9.17, 15) is 22.8 Å². The van der Waals surface area contributed by atoms with Crippen molar-refractivity contribution in [1.29, 1.82) is 0 Å². The number of carbonyl (C=O) groups excluding carboxylic acids is 2. The van der Waals surface area contributed by atoms with Crippen molar-refractivity contribution in [3.8, 4) is 0 Å². The normalized spacial score (nSPS) is 21.0. The number of amides is 1. The minimum absolute atomic E-state index is 0.114. The zero-order chi connectivity index (χ0) is 17.1. The Morgan fingerprint density at radius 3 is 2.43 bits per heavy atom. The Morgan fingerprint density at radius 2 is 1.96 bits per heavy atom. The van der Waals surface area contributed by atoms with E-state index in [1.54, 1.807) is 0 Å². The van der Waals surface area contributed by atoms with Gasteiger partial charge < -0.3 is 15.4 Å². The Balaban J connectivity index is 2.03. The number of hydrogen-bond acceptors (Lipinski definition) is 4. The van der Waals surface area contributed by atoms with Gasteiger partial charge >= 0.3 is 12.1 Å². The molecule has 0 bridgehead atoms. The van der Waals surface area contributed by atoms with E-state index in [1.165, 1.54) is 19.2 Å². The van der Waals surface area contributed by atoms with Gasteiger partial charge in [0.15, 0.2) is 5.54 Å². The van der Waals surface area contributed by atoms with Gasteiger partial charge in [-0.2, -0.15) is 13.2 Å². The van der Waals surface area contributed by atoms with Crippen LogP contribution in [-0.4, -0.2) is 37.6 Å². The van der Waals surface area contributed by atoms with E-state index >= 15 is 0 Å². The van der Waals surface area contributed by atoms with E-state index in [1.807, 2.05) is 0 Å². The molecule has 1 heterocycles. The van der Waals surface area contributed by atoms with Crippen molar-refractivity contribution < 1.29 is 27.5 Å². The summed E-state index contributed by atoms with van der Waals surface area (Å²) >= 11 is 0. The molecular weight excluding hydrogens is 313 g/mol. The van der Waals surface area contributed by atoms with Crippen LogP contribution >= 0.6 is 0 Å². The van der Waals surface area contributed by atoms with Gasteiger partial charge in [-0.25, -0.2) is 4.79 Å². The third kappa shape index (κ3) is 4.01. The highest BCUT2D eigenvalue weighted by Crippen LogP contribution is 2.29. The third-order valence-electron chi connectivity index (χ3n) is 3.76. The molecule has 1 aromatic carbocycles. The zero-order valence-corrected chi connectivity index (χ0v) is 12.5. The van der Waals surface area contributed by atoms with Crippen molar-refractivity contribution in [1.82, 2.24) is 10.6 Å². The van der Waals surface area contributed by atoms with E-state index in [4.69, 9.17) is 4.74 Å². The molecule has 126 valence electrons. The summed E-state index contributed by atoms with van der Waals surface area (Å²) in [5.41, 5.74) is -1.45. The molecule has 23 heavy (non-hydrogen) atoms. The van der Waals surface area contributed by atoms with E-state index in [2.05, 4.69) is 10.6 Å². The lowest BCUT2D eigenvalue weighted by molar-refractivity contribution is -0.150. The number of methoxy groups -OCH3 is 1. The van der Waals surface area contributed by atoms with Crippen molar-refractivity contribution in [3.05, 3.63) is 35.4 Å². The summed E-state index contributed by atoms with van der Waals surface area (Å²) in [5.74, 6) is -0.984. The van der Waals surface area contributed by atoms with Gasteiger partial charge in [-0.15, -0.1) is 0 Å². The van der Waals surface area contributed by atoms with Crippen LogP contribution in [0.5, 0.6) is 0 Å². The second kappa shape index (κ2) is 6.57. The number of nitrogens with one attached hydrogen (secondary N) is 2. The van der Waals surface area contributed by atoms with Crippen molar-refractivity contribution >= 4 is 11.9 Å². The predicted octanol–water partition coefficient (Wildman–Crippen LogP) is 1.27. The molecule has 8 heteroatoms. The lowest BCUT2D eigenvalue weighted by Crippen LogP contribution is -2.56. The molecule has 0 radical (unpaired) electrons. The van der Waals surface area contributed by atoms with Crippen molar-refractivity contribution in [2.45, 2.75) is 24.6 Å². The smallest absolute Gasteiger partial charge is 0.416 e. The molecule has 1 amide bonds. The number of ether oxygens (including phenoxy) is 1. The van der Waals surface area contributed by atoms with E-state index in [0.717, 1.165) is 12.1 Å². The fraction of sp³-hybridized carbons (Fsp3) is 0.467. The molecule has 0 saturated carbocycles. The number of carbonyl (C=O) groups is 2. The SMILES string of the molecule is COC(=O)C1(NC(=O)Cc2ccc(C(F)(F)F)cc2)CCNC1. The first kappa shape index (κ1) is 17.3. The first-order valence-corrected chi connectivity index (χ1v) is 7.03. The van der Waals surface area contributed by atoms with Crippen molar-refractivity contribution in [2.24, 2.45) is 0 Å². The fourth-order valence-corrected chi connectivity index (χ4v) is 2.53. The number of hydrogen-bond donors (Lipinski definition) is 2. The van der Waals surface area contributed by atoms with Gasteiger partial charge in [-0.3, -0.25) is 4.79 Å². The van der Waals surface area contributed by atoms with Crippen molar-refractivity contribution in [2.75, 3.05) is 20.2 Å². The summed E-state index contributed by atoms with van der Waals surface area (Å²) < 4.78 is 42.2. The first-order valence-electron chi connectivity index (χ1n) is 7.03. The number of esters is 1. The highest BCUT2D eigenvalue weighted by molar-refractivity contribution is 5.89. The summed E-state index contributed by atoms with van der Waals surface area (Å²) in [5, 5.41) is 5.62. The van der Waals surface area contributed by atoms with E-state index in [0.29, 0.717) is 18.5 Å². The minimum atomic E-state index is -4.41. The molecular formula is C15H17F3N2O3. The van der Waals surface area contributed by atoms with Gasteiger partial charge in [0.1, 0.15) is 0 Å². The monoisotopic (exact) mass is 330 g/mol. The summed E-state index contributed by atoms with van der Waals surface area (Å²) in [6, 6.07) is 4.35. The maximum Gasteiger partial charge on any atom is 0.416 e. The van der Waals surface area contributed by atoms with Crippen LogP contribution in [0.15, 0.2) is 24.3 Å². The number of halogens is 3. The minimum Gasteiger partial charge on any atom is -0.467 e. The molecule has 1 aliphatic heterocycles. The van der Waals surface area contributed by atoms with Gasteiger partial charge in [0.25, 0.3) is 0 Å². The van der Waals surface area contributed by atoms with Crippen LogP contribution in [0.25, 0.3) is 0 Å². The Hall–Kier alpha value is -2.09. The standard InChI is InChI=1S/C15H17F3N2O3/c1-23-13(22)14(6-7-19-9-14)20-12(21)8-10-2-4-11(5-3-10)15(16,17)18/h2-5,19H,6-9H2,1H3,(H,20,21). The van der Waals surface area contributed by atoms with Gasteiger partial charge in [-0.1, -0.05) is 12.1 Å². The second-order valence-electron chi connectivity index (χ2n) is 5.42. The Labute approximate surface area is 131 Å². The lowest BCUT2D eigenvalue weighted by Gasteiger charge is -2.26. The van der Waals surface area contributed by atoms with Crippen LogP contribution in [-0.2, 0) is 26.9 Å². The maximum absolute atomic E-state index is 12.5. The molecule has 0 aromatic heterocycles. The van der Waals surface area contributed by atoms with Gasteiger partial charge in [-0.05, 0) is 30.7 Å². The third-order valence-corrected chi connectivity index (χ3v) is 3.76.